The second-order valence-corrected chi connectivity index (χ2v) is 7.39. The minimum absolute atomic E-state index is 0.118. The molecule has 0 saturated carbocycles. The number of nitrogens with one attached hydrogen (secondary N) is 2. The molecular weight excluding hydrogens is 424 g/mol. The number of allylic oxidation sites excluding steroid dienone is 1. The zero-order valence-electron chi connectivity index (χ0n) is 14.4. The molecule has 1 heterocycles. The molecule has 134 valence electrons. The van der Waals surface area contributed by atoms with E-state index in [0.29, 0.717) is 10.6 Å². The molecule has 2 aromatic carbocycles. The van der Waals surface area contributed by atoms with Crippen molar-refractivity contribution in [2.75, 3.05) is 10.6 Å². The normalized spacial score (nSPS) is 10.9. The molecular formula is C20H15BrN4OS. The summed E-state index contributed by atoms with van der Waals surface area (Å²) >= 11 is 4.84. The standard InChI is InChI=1S/C20H15BrN4OS/c1-13(26)24-18-8-6-17(7-9-18)23-11-15(10-22)20-25-19(12-27-20)14-2-4-16(21)5-3-14/h2-9,11-12,23H,1H3,(H,24,26)/b15-11-. The van der Waals surface area contributed by atoms with Crippen LogP contribution in [-0.2, 0) is 4.79 Å². The van der Waals surface area contributed by atoms with Gasteiger partial charge in [-0.15, -0.1) is 11.3 Å². The summed E-state index contributed by atoms with van der Waals surface area (Å²) in [5.74, 6) is -0.118. The first-order chi connectivity index (χ1) is 13.0. The van der Waals surface area contributed by atoms with Gasteiger partial charge in [0.1, 0.15) is 16.6 Å². The highest BCUT2D eigenvalue weighted by molar-refractivity contribution is 9.10. The molecule has 0 atom stereocenters. The molecule has 0 spiro atoms. The van der Waals surface area contributed by atoms with Crippen molar-refractivity contribution < 1.29 is 4.79 Å². The molecule has 5 nitrogen and oxygen atoms in total. The Morgan fingerprint density at radius 2 is 1.81 bits per heavy atom. The molecule has 1 amide bonds. The van der Waals surface area contributed by atoms with Gasteiger partial charge in [-0.2, -0.15) is 5.26 Å². The van der Waals surface area contributed by atoms with Crippen LogP contribution >= 0.6 is 27.3 Å². The number of halogens is 1. The lowest BCUT2D eigenvalue weighted by atomic mass is 10.2. The maximum absolute atomic E-state index is 11.0. The van der Waals surface area contributed by atoms with E-state index < -0.39 is 0 Å². The van der Waals surface area contributed by atoms with Gasteiger partial charge in [0.25, 0.3) is 0 Å². The number of nitrogens with zero attached hydrogens (tertiary/aromatic N) is 2. The Morgan fingerprint density at radius 1 is 1.15 bits per heavy atom. The first kappa shape index (κ1) is 18.8. The molecule has 3 aromatic rings. The molecule has 0 aliphatic rings. The summed E-state index contributed by atoms with van der Waals surface area (Å²) in [7, 11) is 0. The van der Waals surface area contributed by atoms with E-state index in [9.17, 15) is 10.1 Å². The van der Waals surface area contributed by atoms with Crippen LogP contribution in [0.3, 0.4) is 0 Å². The molecule has 7 heteroatoms. The van der Waals surface area contributed by atoms with Gasteiger partial charge >= 0.3 is 0 Å². The summed E-state index contributed by atoms with van der Waals surface area (Å²) < 4.78 is 1.01. The molecule has 0 bridgehead atoms. The highest BCUT2D eigenvalue weighted by Crippen LogP contribution is 2.27. The molecule has 3 rings (SSSR count). The molecule has 0 fully saturated rings. The number of benzene rings is 2. The number of thiazole rings is 1. The number of amides is 1. The van der Waals surface area contributed by atoms with E-state index in [-0.39, 0.29) is 5.91 Å². The van der Waals surface area contributed by atoms with Crippen LogP contribution in [0.15, 0.2) is 64.6 Å². The van der Waals surface area contributed by atoms with Crippen LogP contribution < -0.4 is 10.6 Å². The van der Waals surface area contributed by atoms with Crippen molar-refractivity contribution >= 4 is 50.1 Å². The Labute approximate surface area is 169 Å². The first-order valence-electron chi connectivity index (χ1n) is 8.01. The zero-order chi connectivity index (χ0) is 19.2. The minimum atomic E-state index is -0.118. The summed E-state index contributed by atoms with van der Waals surface area (Å²) in [5, 5.41) is 17.9. The van der Waals surface area contributed by atoms with Crippen LogP contribution in [0.2, 0.25) is 0 Å². The lowest BCUT2D eigenvalue weighted by Gasteiger charge is -2.04. The second-order valence-electron chi connectivity index (χ2n) is 5.62. The smallest absolute Gasteiger partial charge is 0.221 e. The number of hydrogen-bond donors (Lipinski definition) is 2. The average molecular weight is 439 g/mol. The van der Waals surface area contributed by atoms with E-state index in [0.717, 1.165) is 27.1 Å². The third-order valence-corrected chi connectivity index (χ3v) is 4.99. The first-order valence-corrected chi connectivity index (χ1v) is 9.69. The van der Waals surface area contributed by atoms with Crippen molar-refractivity contribution in [2.45, 2.75) is 6.92 Å². The average Bonchev–Trinajstić information content (AvgIpc) is 3.14. The summed E-state index contributed by atoms with van der Waals surface area (Å²) in [6.45, 7) is 1.46. The van der Waals surface area contributed by atoms with Crippen molar-refractivity contribution in [1.29, 1.82) is 5.26 Å². The Bertz CT molecular complexity index is 1020. The summed E-state index contributed by atoms with van der Waals surface area (Å²) in [6, 6.07) is 17.3. The van der Waals surface area contributed by atoms with Crippen molar-refractivity contribution in [3.05, 3.63) is 69.6 Å². The monoisotopic (exact) mass is 438 g/mol. The van der Waals surface area contributed by atoms with Gasteiger partial charge in [-0.25, -0.2) is 4.98 Å². The molecule has 2 N–H and O–H groups in total. The largest absolute Gasteiger partial charge is 0.360 e. The Balaban J connectivity index is 1.74. The molecule has 0 aliphatic carbocycles. The molecule has 1 aromatic heterocycles. The molecule has 0 saturated heterocycles. The number of nitriles is 1. The summed E-state index contributed by atoms with van der Waals surface area (Å²) in [5.41, 5.74) is 3.82. The van der Waals surface area contributed by atoms with Gasteiger partial charge in [-0.05, 0) is 36.4 Å². The van der Waals surface area contributed by atoms with Crippen molar-refractivity contribution in [3.63, 3.8) is 0 Å². The van der Waals surface area contributed by atoms with Crippen LogP contribution in [0, 0.1) is 11.3 Å². The highest BCUT2D eigenvalue weighted by Gasteiger charge is 2.09. The Hall–Kier alpha value is -2.95. The fourth-order valence-corrected chi connectivity index (χ4v) is 3.36. The Kier molecular flexibility index (Phi) is 6.01. The van der Waals surface area contributed by atoms with Crippen molar-refractivity contribution in [3.8, 4) is 17.3 Å². The number of rotatable bonds is 5. The van der Waals surface area contributed by atoms with Crippen LogP contribution in [-0.4, -0.2) is 10.9 Å². The van der Waals surface area contributed by atoms with Crippen LogP contribution in [0.5, 0.6) is 0 Å². The summed E-state index contributed by atoms with van der Waals surface area (Å²) in [4.78, 5) is 15.6. The Morgan fingerprint density at radius 3 is 2.44 bits per heavy atom. The maximum Gasteiger partial charge on any atom is 0.221 e. The zero-order valence-corrected chi connectivity index (χ0v) is 16.8. The van der Waals surface area contributed by atoms with Gasteiger partial charge in [0.05, 0.1) is 5.69 Å². The SMILES string of the molecule is CC(=O)Nc1ccc(N/C=C(/C#N)c2nc(-c3ccc(Br)cc3)cs2)cc1. The second kappa shape index (κ2) is 8.62. The lowest BCUT2D eigenvalue weighted by molar-refractivity contribution is -0.114. The van der Waals surface area contributed by atoms with E-state index in [1.54, 1.807) is 18.3 Å². The van der Waals surface area contributed by atoms with Gasteiger partial charge < -0.3 is 10.6 Å². The molecule has 0 aliphatic heterocycles. The van der Waals surface area contributed by atoms with E-state index in [1.807, 2.05) is 41.8 Å². The van der Waals surface area contributed by atoms with Gasteiger partial charge in [-0.3, -0.25) is 4.79 Å². The van der Waals surface area contributed by atoms with Crippen LogP contribution in [0.1, 0.15) is 11.9 Å². The third-order valence-electron chi connectivity index (χ3n) is 3.58. The lowest BCUT2D eigenvalue weighted by Crippen LogP contribution is -2.05. The predicted octanol–water partition coefficient (Wildman–Crippen LogP) is 5.51. The third kappa shape index (κ3) is 5.03. The van der Waals surface area contributed by atoms with Crippen molar-refractivity contribution in [2.24, 2.45) is 0 Å². The molecule has 0 radical (unpaired) electrons. The molecule has 0 unspecified atom stereocenters. The van der Waals surface area contributed by atoms with Crippen molar-refractivity contribution in [1.82, 2.24) is 4.98 Å². The fraction of sp³-hybridized carbons (Fsp3) is 0.0500. The van der Waals surface area contributed by atoms with E-state index in [1.165, 1.54) is 18.3 Å². The number of anilines is 2. The number of hydrogen-bond acceptors (Lipinski definition) is 5. The van der Waals surface area contributed by atoms with Gasteiger partial charge in [0, 0.05) is 39.9 Å². The van der Waals surface area contributed by atoms with Crippen LogP contribution in [0.4, 0.5) is 11.4 Å². The number of aromatic nitrogens is 1. The number of carbonyl (C=O) groups excluding carboxylic acids is 1. The van der Waals surface area contributed by atoms with E-state index >= 15 is 0 Å². The fourth-order valence-electron chi connectivity index (χ4n) is 2.30. The van der Waals surface area contributed by atoms with Crippen LogP contribution in [0.25, 0.3) is 16.8 Å². The molecule has 27 heavy (non-hydrogen) atoms. The highest BCUT2D eigenvalue weighted by atomic mass is 79.9. The quantitative estimate of drug-likeness (QED) is 0.514. The van der Waals surface area contributed by atoms with Gasteiger partial charge in [-0.1, -0.05) is 28.1 Å². The van der Waals surface area contributed by atoms with E-state index in [2.05, 4.69) is 37.6 Å². The maximum atomic E-state index is 11.0. The van der Waals surface area contributed by atoms with Gasteiger partial charge in [0.15, 0.2) is 0 Å². The van der Waals surface area contributed by atoms with E-state index in [4.69, 9.17) is 0 Å². The van der Waals surface area contributed by atoms with Gasteiger partial charge in [0.2, 0.25) is 5.91 Å². The summed E-state index contributed by atoms with van der Waals surface area (Å²) in [6.07, 6.45) is 1.64. The number of carbonyl (C=O) groups is 1. The topological polar surface area (TPSA) is 77.8 Å². The minimum Gasteiger partial charge on any atom is -0.360 e. The predicted molar refractivity (Wildman–Crippen MR) is 113 cm³/mol.